The molecule has 0 aromatic heterocycles. The van der Waals surface area contributed by atoms with Crippen LogP contribution in [0, 0.1) is 6.92 Å². The molecule has 2 aliphatic heterocycles. The van der Waals surface area contributed by atoms with Crippen LogP contribution in [0.1, 0.15) is 22.3 Å². The van der Waals surface area contributed by atoms with E-state index >= 15 is 0 Å². The van der Waals surface area contributed by atoms with Crippen molar-refractivity contribution in [3.8, 4) is 5.75 Å². The number of rotatable bonds is 4. The van der Waals surface area contributed by atoms with Crippen molar-refractivity contribution in [2.45, 2.75) is 19.4 Å². The molecule has 2 fully saturated rings. The van der Waals surface area contributed by atoms with E-state index in [9.17, 15) is 23.1 Å². The Hall–Kier alpha value is -2.13. The number of benzene rings is 1. The fourth-order valence-electron chi connectivity index (χ4n) is 3.52. The van der Waals surface area contributed by atoms with Gasteiger partial charge in [0.1, 0.15) is 11.3 Å². The van der Waals surface area contributed by atoms with E-state index < -0.39 is 15.8 Å². The number of amides is 1. The summed E-state index contributed by atoms with van der Waals surface area (Å²) in [6.07, 6.45) is 0.647. The van der Waals surface area contributed by atoms with Gasteiger partial charge >= 0.3 is 5.97 Å². The van der Waals surface area contributed by atoms with Gasteiger partial charge in [-0.3, -0.25) is 9.69 Å². The molecular weight excluding hydrogens is 372 g/mol. The van der Waals surface area contributed by atoms with Gasteiger partial charge in [-0.05, 0) is 25.0 Å². The van der Waals surface area contributed by atoms with Gasteiger partial charge in [0.05, 0.1) is 11.5 Å². The topological polar surface area (TPSA) is 104 Å². The standard InChI is InChI=1S/C18H24N2O6S/c1-13-3-2-4-15(17(13)22)18(23)26-11-16(21)20-8-6-19(7-9-20)14-5-10-27(24,25)12-14/h2-4,14,22H,5-12H2,1H3. The molecule has 3 rings (SSSR count). The molecule has 0 spiro atoms. The smallest absolute Gasteiger partial charge is 0.342 e. The fourth-order valence-corrected chi connectivity index (χ4v) is 5.28. The van der Waals surface area contributed by atoms with Crippen molar-refractivity contribution < 1.29 is 27.9 Å². The van der Waals surface area contributed by atoms with Crippen molar-refractivity contribution in [3.63, 3.8) is 0 Å². The summed E-state index contributed by atoms with van der Waals surface area (Å²) in [5.41, 5.74) is 0.593. The Bertz CT molecular complexity index is 830. The highest BCUT2D eigenvalue weighted by Crippen LogP contribution is 2.22. The lowest BCUT2D eigenvalue weighted by Gasteiger charge is -2.37. The first-order valence-electron chi connectivity index (χ1n) is 8.95. The lowest BCUT2D eigenvalue weighted by atomic mass is 10.1. The zero-order valence-electron chi connectivity index (χ0n) is 15.3. The van der Waals surface area contributed by atoms with Crippen molar-refractivity contribution in [2.24, 2.45) is 0 Å². The Kier molecular flexibility index (Phi) is 5.71. The maximum absolute atomic E-state index is 12.3. The maximum Gasteiger partial charge on any atom is 0.342 e. The second-order valence-electron chi connectivity index (χ2n) is 7.02. The lowest BCUT2D eigenvalue weighted by Crippen LogP contribution is -2.53. The molecule has 0 radical (unpaired) electrons. The highest BCUT2D eigenvalue weighted by molar-refractivity contribution is 7.91. The zero-order valence-corrected chi connectivity index (χ0v) is 16.1. The predicted molar refractivity (Wildman–Crippen MR) is 98.3 cm³/mol. The number of carbonyl (C=O) groups is 2. The number of hydrogen-bond acceptors (Lipinski definition) is 7. The van der Waals surface area contributed by atoms with Crippen LogP contribution in [0.5, 0.6) is 5.75 Å². The Morgan fingerprint density at radius 3 is 2.56 bits per heavy atom. The Morgan fingerprint density at radius 2 is 1.93 bits per heavy atom. The molecule has 0 saturated carbocycles. The summed E-state index contributed by atoms with van der Waals surface area (Å²) in [7, 11) is -2.93. The van der Waals surface area contributed by atoms with E-state index in [4.69, 9.17) is 4.74 Å². The van der Waals surface area contributed by atoms with Crippen LogP contribution < -0.4 is 0 Å². The van der Waals surface area contributed by atoms with Gasteiger partial charge in [-0.15, -0.1) is 0 Å². The van der Waals surface area contributed by atoms with Crippen LogP contribution in [0.15, 0.2) is 18.2 Å². The summed E-state index contributed by atoms with van der Waals surface area (Å²) in [5, 5.41) is 9.91. The van der Waals surface area contributed by atoms with Gasteiger partial charge in [0, 0.05) is 32.2 Å². The number of piperazine rings is 1. The molecule has 1 amide bonds. The minimum absolute atomic E-state index is 0.0365. The second kappa shape index (κ2) is 7.85. The Labute approximate surface area is 158 Å². The van der Waals surface area contributed by atoms with E-state index in [1.54, 1.807) is 24.0 Å². The Morgan fingerprint density at radius 1 is 1.22 bits per heavy atom. The summed E-state index contributed by atoms with van der Waals surface area (Å²) < 4.78 is 28.3. The number of hydrogen-bond donors (Lipinski definition) is 1. The van der Waals surface area contributed by atoms with Crippen LogP contribution in [-0.2, 0) is 19.4 Å². The number of phenolic OH excluding ortho intramolecular Hbond substituents is 1. The van der Waals surface area contributed by atoms with Crippen LogP contribution in [0.2, 0.25) is 0 Å². The normalized spacial score (nSPS) is 22.6. The molecule has 0 bridgehead atoms. The second-order valence-corrected chi connectivity index (χ2v) is 9.25. The third kappa shape index (κ3) is 4.59. The minimum atomic E-state index is -2.93. The van der Waals surface area contributed by atoms with E-state index in [1.165, 1.54) is 6.07 Å². The number of aryl methyl sites for hydroxylation is 1. The van der Waals surface area contributed by atoms with Gasteiger partial charge in [-0.25, -0.2) is 13.2 Å². The monoisotopic (exact) mass is 396 g/mol. The molecule has 1 unspecified atom stereocenters. The summed E-state index contributed by atoms with van der Waals surface area (Å²) >= 11 is 0. The van der Waals surface area contributed by atoms with Crippen LogP contribution in [-0.4, -0.2) is 85.5 Å². The molecule has 1 N–H and O–H groups in total. The van der Waals surface area contributed by atoms with Crippen LogP contribution in [0.3, 0.4) is 0 Å². The first-order valence-corrected chi connectivity index (χ1v) is 10.8. The number of phenols is 1. The zero-order chi connectivity index (χ0) is 19.6. The van der Waals surface area contributed by atoms with Crippen molar-refractivity contribution in [1.82, 2.24) is 9.80 Å². The highest BCUT2D eigenvalue weighted by Gasteiger charge is 2.34. The molecule has 27 heavy (non-hydrogen) atoms. The van der Waals surface area contributed by atoms with Gasteiger partial charge in [-0.2, -0.15) is 0 Å². The number of aromatic hydroxyl groups is 1. The minimum Gasteiger partial charge on any atom is -0.507 e. The highest BCUT2D eigenvalue weighted by atomic mass is 32.2. The molecular formula is C18H24N2O6S. The average Bonchev–Trinajstić information content (AvgIpc) is 3.01. The quantitative estimate of drug-likeness (QED) is 0.725. The third-order valence-electron chi connectivity index (χ3n) is 5.18. The van der Waals surface area contributed by atoms with E-state index in [0.717, 1.165) is 0 Å². The van der Waals surface area contributed by atoms with Gasteiger partial charge in [0.25, 0.3) is 5.91 Å². The van der Waals surface area contributed by atoms with E-state index in [1.807, 2.05) is 0 Å². The summed E-state index contributed by atoms with van der Waals surface area (Å²) in [5.74, 6) is -0.750. The Balaban J connectivity index is 1.47. The number of carbonyl (C=O) groups excluding carboxylic acids is 2. The van der Waals surface area contributed by atoms with Crippen molar-refractivity contribution >= 4 is 21.7 Å². The fraction of sp³-hybridized carbons (Fsp3) is 0.556. The summed E-state index contributed by atoms with van der Waals surface area (Å²) in [6, 6.07) is 4.79. The van der Waals surface area contributed by atoms with Crippen molar-refractivity contribution in [2.75, 3.05) is 44.3 Å². The molecule has 2 heterocycles. The maximum atomic E-state index is 12.3. The molecule has 1 aromatic rings. The third-order valence-corrected chi connectivity index (χ3v) is 6.93. The SMILES string of the molecule is Cc1cccc(C(=O)OCC(=O)N2CCN(C3CCS(=O)(=O)C3)CC2)c1O. The van der Waals surface area contributed by atoms with Gasteiger partial charge in [-0.1, -0.05) is 12.1 Å². The number of sulfone groups is 1. The van der Waals surface area contributed by atoms with Gasteiger partial charge < -0.3 is 14.7 Å². The molecule has 2 saturated heterocycles. The van der Waals surface area contributed by atoms with Crippen molar-refractivity contribution in [1.29, 1.82) is 0 Å². The average molecular weight is 396 g/mol. The van der Waals surface area contributed by atoms with Crippen LogP contribution >= 0.6 is 0 Å². The lowest BCUT2D eigenvalue weighted by molar-refractivity contribution is -0.136. The van der Waals surface area contributed by atoms with Gasteiger partial charge in [0.2, 0.25) is 0 Å². The number of para-hydroxylation sites is 1. The van der Waals surface area contributed by atoms with E-state index in [-0.39, 0.29) is 41.4 Å². The van der Waals surface area contributed by atoms with E-state index in [0.29, 0.717) is 38.2 Å². The summed E-state index contributed by atoms with van der Waals surface area (Å²) in [6.45, 7) is 3.46. The molecule has 2 aliphatic rings. The van der Waals surface area contributed by atoms with Crippen LogP contribution in [0.25, 0.3) is 0 Å². The molecule has 1 atom stereocenters. The first kappa shape index (κ1) is 19.6. The number of esters is 1. The molecule has 9 heteroatoms. The summed E-state index contributed by atoms with van der Waals surface area (Å²) in [4.78, 5) is 28.1. The molecule has 0 aliphatic carbocycles. The van der Waals surface area contributed by atoms with E-state index in [2.05, 4.69) is 4.90 Å². The molecule has 1 aromatic carbocycles. The predicted octanol–water partition coefficient (Wildman–Crippen LogP) is 0.189. The largest absolute Gasteiger partial charge is 0.507 e. The molecule has 8 nitrogen and oxygen atoms in total. The van der Waals surface area contributed by atoms with Gasteiger partial charge in [0.15, 0.2) is 16.4 Å². The number of nitrogens with zero attached hydrogens (tertiary/aromatic N) is 2. The van der Waals surface area contributed by atoms with Crippen LogP contribution in [0.4, 0.5) is 0 Å². The number of ether oxygens (including phenoxy) is 1. The first-order chi connectivity index (χ1) is 12.8. The molecule has 148 valence electrons. The van der Waals surface area contributed by atoms with Crippen molar-refractivity contribution in [3.05, 3.63) is 29.3 Å².